The number of benzene rings is 2. The van der Waals surface area contributed by atoms with Gasteiger partial charge in [-0.15, -0.1) is 0 Å². The summed E-state index contributed by atoms with van der Waals surface area (Å²) in [5.41, 5.74) is 1.87. The number of β-amino-alcohol motifs (C(OH)–C–C–N with tert-alkyl or cyclic N) is 1. The Balaban J connectivity index is 1.53. The average Bonchev–Trinajstić information content (AvgIpc) is 3.30. The van der Waals surface area contributed by atoms with Crippen LogP contribution in [0.1, 0.15) is 24.5 Å². The molecule has 2 atom stereocenters. The number of aliphatic imine (C=N–C) groups is 1. The summed E-state index contributed by atoms with van der Waals surface area (Å²) in [7, 11) is 0. The van der Waals surface area contributed by atoms with Gasteiger partial charge in [0.15, 0.2) is 0 Å². The maximum absolute atomic E-state index is 13.0. The van der Waals surface area contributed by atoms with E-state index < -0.39 is 21.1 Å². The second-order valence-corrected chi connectivity index (χ2v) is 12.1. The maximum atomic E-state index is 13.0. The number of aromatic nitrogens is 2. The summed E-state index contributed by atoms with van der Waals surface area (Å²) >= 11 is -1.72. The molecule has 2 aromatic carbocycles. The van der Waals surface area contributed by atoms with E-state index in [0.29, 0.717) is 47.4 Å². The van der Waals surface area contributed by atoms with E-state index in [0.717, 1.165) is 10.0 Å². The minimum absolute atomic E-state index is 0.0387. The molecule has 0 saturated carbocycles. The van der Waals surface area contributed by atoms with Crippen molar-refractivity contribution < 1.29 is 20.1 Å². The normalized spacial score (nSPS) is 20.9. The van der Waals surface area contributed by atoms with Gasteiger partial charge in [0.05, 0.1) is 0 Å². The van der Waals surface area contributed by atoms with Gasteiger partial charge in [-0.3, -0.25) is 0 Å². The third-order valence-electron chi connectivity index (χ3n) is 6.43. The van der Waals surface area contributed by atoms with Crippen molar-refractivity contribution in [3.05, 3.63) is 51.8 Å². The summed E-state index contributed by atoms with van der Waals surface area (Å²) < 4.78 is 2.26. The number of nitrogens with zero attached hydrogens (tertiary/aromatic N) is 3. The first kappa shape index (κ1) is 22.3. The van der Waals surface area contributed by atoms with Crippen molar-refractivity contribution in [2.45, 2.75) is 38.6 Å². The van der Waals surface area contributed by atoms with E-state index >= 15 is 0 Å². The second-order valence-electron chi connectivity index (χ2n) is 8.57. The molecule has 3 heterocycles. The van der Waals surface area contributed by atoms with Gasteiger partial charge in [-0.1, -0.05) is 0 Å². The molecule has 10 heteroatoms. The molecule has 0 amide bonds. The van der Waals surface area contributed by atoms with Crippen molar-refractivity contribution in [3.8, 4) is 5.75 Å². The summed E-state index contributed by atoms with van der Waals surface area (Å²) in [6, 6.07) is 8.86. The van der Waals surface area contributed by atoms with Gasteiger partial charge in [-0.25, -0.2) is 0 Å². The number of fused-ring (bicyclic) bond motifs is 2. The molecular formula is C23H24N4O5Sn. The second kappa shape index (κ2) is 8.71. The number of hydrogen-bond donors (Lipinski definition) is 4. The van der Waals surface area contributed by atoms with Crippen molar-refractivity contribution in [2.24, 2.45) is 4.99 Å². The van der Waals surface area contributed by atoms with Gasteiger partial charge in [0, 0.05) is 0 Å². The summed E-state index contributed by atoms with van der Waals surface area (Å²) in [5, 5.41) is 33.5. The van der Waals surface area contributed by atoms with Crippen LogP contribution in [0.5, 0.6) is 5.75 Å². The number of likely N-dealkylation sites (tertiary alicyclic amines) is 1. The van der Waals surface area contributed by atoms with Crippen molar-refractivity contribution in [2.75, 3.05) is 13.1 Å². The molecule has 5 rings (SSSR count). The Morgan fingerprint density at radius 2 is 2.03 bits per heavy atom. The Kier molecular flexibility index (Phi) is 5.89. The summed E-state index contributed by atoms with van der Waals surface area (Å²) in [6.07, 6.45) is 0.391. The Hall–Kier alpha value is -2.47. The minimum atomic E-state index is -1.72. The molecule has 9 nitrogen and oxygen atoms in total. The van der Waals surface area contributed by atoms with Gasteiger partial charge in [0.1, 0.15) is 0 Å². The number of aliphatic hydroxyl groups is 2. The topological polar surface area (TPSA) is 131 Å². The molecule has 2 radical (unpaired) electrons. The zero-order chi connectivity index (χ0) is 23.3. The number of H-pyrrole nitrogens is 1. The van der Waals surface area contributed by atoms with Crippen LogP contribution in [0.4, 0.5) is 5.69 Å². The number of rotatable bonds is 5. The SMILES string of the molecule is C[C@@H]1C[C@@H](O)CN1CCn1[nH]c2c(C3=Nc4[c](ccc(CO)c4O)[Sn][C]3=O)cccc2c1=O. The van der Waals surface area contributed by atoms with Crippen molar-refractivity contribution in [3.63, 3.8) is 0 Å². The molecule has 0 aliphatic carbocycles. The van der Waals surface area contributed by atoms with E-state index in [9.17, 15) is 24.9 Å². The molecule has 1 fully saturated rings. The van der Waals surface area contributed by atoms with Crippen molar-refractivity contribution in [1.82, 2.24) is 14.7 Å². The number of hydrogen-bond acceptors (Lipinski definition) is 7. The number of aliphatic hydroxyl groups excluding tert-OH is 2. The number of carbonyl (C=O) groups is 1. The molecule has 0 unspecified atom stereocenters. The average molecular weight is 555 g/mol. The fourth-order valence-corrected chi connectivity index (χ4v) is 7.53. The Labute approximate surface area is 199 Å². The van der Waals surface area contributed by atoms with Crippen LogP contribution >= 0.6 is 0 Å². The van der Waals surface area contributed by atoms with Crippen molar-refractivity contribution >= 4 is 50.8 Å². The van der Waals surface area contributed by atoms with Crippen LogP contribution in [-0.2, 0) is 17.9 Å². The van der Waals surface area contributed by atoms with Crippen LogP contribution in [0.3, 0.4) is 0 Å². The molecule has 0 spiro atoms. The number of para-hydroxylation sites is 1. The molecule has 33 heavy (non-hydrogen) atoms. The quantitative estimate of drug-likeness (QED) is 0.328. The first-order valence-corrected chi connectivity index (χ1v) is 13.7. The van der Waals surface area contributed by atoms with E-state index in [-0.39, 0.29) is 39.6 Å². The molecule has 4 N–H and O–H groups in total. The Bertz CT molecular complexity index is 1340. The molecule has 0 bridgehead atoms. The zero-order valence-electron chi connectivity index (χ0n) is 18.1. The van der Waals surface area contributed by atoms with Crippen LogP contribution in [0.2, 0.25) is 0 Å². The molecule has 3 aromatic rings. The fraction of sp³-hybridized carbons (Fsp3) is 0.348. The summed E-state index contributed by atoms with van der Waals surface area (Å²) in [4.78, 5) is 32.7. The number of nitrogens with one attached hydrogen (secondary N) is 1. The van der Waals surface area contributed by atoms with Crippen LogP contribution in [0.25, 0.3) is 10.9 Å². The van der Waals surface area contributed by atoms with E-state index in [2.05, 4.69) is 21.9 Å². The third kappa shape index (κ3) is 3.92. The monoisotopic (exact) mass is 556 g/mol. The van der Waals surface area contributed by atoms with E-state index in [1.54, 1.807) is 30.3 Å². The Morgan fingerprint density at radius 3 is 2.76 bits per heavy atom. The molecule has 1 saturated heterocycles. The third-order valence-corrected chi connectivity index (χ3v) is 9.67. The van der Waals surface area contributed by atoms with Gasteiger partial charge in [-0.05, 0) is 0 Å². The van der Waals surface area contributed by atoms with Gasteiger partial charge >= 0.3 is 200 Å². The van der Waals surface area contributed by atoms with Crippen LogP contribution in [0.15, 0.2) is 40.1 Å². The van der Waals surface area contributed by atoms with Crippen LogP contribution < -0.4 is 9.14 Å². The number of aromatic hydroxyl groups is 1. The first-order valence-electron chi connectivity index (χ1n) is 10.9. The molecule has 170 valence electrons. The molecular weight excluding hydrogens is 531 g/mol. The molecule has 2 aliphatic rings. The van der Waals surface area contributed by atoms with Gasteiger partial charge in [-0.2, -0.15) is 0 Å². The van der Waals surface area contributed by atoms with Crippen molar-refractivity contribution in [1.29, 1.82) is 0 Å². The van der Waals surface area contributed by atoms with E-state index in [1.165, 1.54) is 4.68 Å². The number of phenols is 1. The number of carbonyl (C=O) groups excluding carboxylic acids is 1. The zero-order valence-corrected chi connectivity index (χ0v) is 20.9. The summed E-state index contributed by atoms with van der Waals surface area (Å²) in [6.45, 7) is 3.40. The predicted molar refractivity (Wildman–Crippen MR) is 125 cm³/mol. The molecule has 2 aliphatic heterocycles. The predicted octanol–water partition coefficient (Wildman–Crippen LogP) is -0.0269. The standard InChI is InChI=1S/C23H24N4O5.Sn/c1-14-10-16(30)11-26(14)8-9-27-23(32)18-6-3-5-17(21(18)25-27)20(13-29)24-19-7-2-4-15(12-28)22(19)31;/h2-6,14,16,25,28,30-31H,8-12H2,1H3;/t14-,16-;/m1./s1. The van der Waals surface area contributed by atoms with E-state index in [4.69, 9.17) is 0 Å². The first-order chi connectivity index (χ1) is 15.9. The fourth-order valence-electron chi connectivity index (χ4n) is 4.63. The van der Waals surface area contributed by atoms with Gasteiger partial charge in [0.25, 0.3) is 0 Å². The van der Waals surface area contributed by atoms with Crippen LogP contribution in [-0.4, -0.2) is 85.9 Å². The Morgan fingerprint density at radius 1 is 1.21 bits per heavy atom. The van der Waals surface area contributed by atoms with Gasteiger partial charge in [0.2, 0.25) is 0 Å². The van der Waals surface area contributed by atoms with Crippen LogP contribution in [0, 0.1) is 0 Å². The van der Waals surface area contributed by atoms with E-state index in [1.807, 2.05) is 0 Å². The summed E-state index contributed by atoms with van der Waals surface area (Å²) in [5.74, 6) is -0.0962. The number of aromatic amines is 1. The van der Waals surface area contributed by atoms with Gasteiger partial charge < -0.3 is 0 Å². The molecule has 1 aromatic heterocycles.